The first-order chi connectivity index (χ1) is 8.56. The molecule has 0 heterocycles. The molecule has 3 nitrogen and oxygen atoms in total. The zero-order valence-corrected chi connectivity index (χ0v) is 11.9. The van der Waals surface area contributed by atoms with Crippen molar-refractivity contribution in [2.75, 3.05) is 20.3 Å². The third kappa shape index (κ3) is 4.58. The quantitative estimate of drug-likeness (QED) is 0.749. The molecule has 0 aliphatic heterocycles. The fourth-order valence-corrected chi connectivity index (χ4v) is 2.03. The first-order valence-corrected chi connectivity index (χ1v) is 6.60. The predicted octanol–water partition coefficient (Wildman–Crippen LogP) is 2.63. The van der Waals surface area contributed by atoms with Crippen LogP contribution in [0.2, 0.25) is 5.02 Å². The lowest BCUT2D eigenvalue weighted by Crippen LogP contribution is -2.40. The molecular formula is C14H22ClNO2. The Labute approximate surface area is 114 Å². The predicted molar refractivity (Wildman–Crippen MR) is 74.9 cm³/mol. The Morgan fingerprint density at radius 1 is 1.28 bits per heavy atom. The number of nitrogens with one attached hydrogen (secondary N) is 1. The lowest BCUT2D eigenvalue weighted by molar-refractivity contribution is 0.0978. The van der Waals surface area contributed by atoms with E-state index in [1.54, 1.807) is 19.2 Å². The third-order valence-corrected chi connectivity index (χ3v) is 3.21. The molecule has 18 heavy (non-hydrogen) atoms. The van der Waals surface area contributed by atoms with Gasteiger partial charge in [-0.25, -0.2) is 0 Å². The van der Waals surface area contributed by atoms with Crippen LogP contribution in [0, 0.1) is 5.92 Å². The monoisotopic (exact) mass is 271 g/mol. The van der Waals surface area contributed by atoms with Crippen LogP contribution >= 0.6 is 11.6 Å². The molecule has 0 saturated carbocycles. The molecule has 0 fully saturated rings. The molecule has 102 valence electrons. The molecule has 0 aliphatic rings. The molecule has 0 amide bonds. The molecule has 1 aromatic carbocycles. The molecule has 2 N–H and O–H groups in total. The SMILES string of the molecule is COCCNC(C(C)C)C(O)c1ccc(Cl)cc1. The summed E-state index contributed by atoms with van der Waals surface area (Å²) in [7, 11) is 1.67. The van der Waals surface area contributed by atoms with Gasteiger partial charge in [-0.1, -0.05) is 37.6 Å². The summed E-state index contributed by atoms with van der Waals surface area (Å²) in [4.78, 5) is 0. The van der Waals surface area contributed by atoms with Crippen LogP contribution in [-0.4, -0.2) is 31.4 Å². The van der Waals surface area contributed by atoms with Crippen molar-refractivity contribution in [3.8, 4) is 0 Å². The Morgan fingerprint density at radius 3 is 2.39 bits per heavy atom. The average Bonchev–Trinajstić information content (AvgIpc) is 2.34. The molecular weight excluding hydrogens is 250 g/mol. The van der Waals surface area contributed by atoms with E-state index >= 15 is 0 Å². The van der Waals surface area contributed by atoms with E-state index in [4.69, 9.17) is 16.3 Å². The van der Waals surface area contributed by atoms with Crippen LogP contribution in [0.15, 0.2) is 24.3 Å². The number of ether oxygens (including phenoxy) is 1. The smallest absolute Gasteiger partial charge is 0.0945 e. The van der Waals surface area contributed by atoms with Crippen molar-refractivity contribution >= 4 is 11.6 Å². The maximum absolute atomic E-state index is 10.4. The highest BCUT2D eigenvalue weighted by Gasteiger charge is 2.23. The number of rotatable bonds is 7. The summed E-state index contributed by atoms with van der Waals surface area (Å²) >= 11 is 5.85. The van der Waals surface area contributed by atoms with Crippen molar-refractivity contribution in [2.45, 2.75) is 26.0 Å². The lowest BCUT2D eigenvalue weighted by Gasteiger charge is -2.28. The Balaban J connectivity index is 2.69. The van der Waals surface area contributed by atoms with Crippen molar-refractivity contribution in [1.29, 1.82) is 0 Å². The zero-order valence-electron chi connectivity index (χ0n) is 11.2. The second-order valence-corrected chi connectivity index (χ2v) is 5.15. The number of aliphatic hydroxyl groups is 1. The fourth-order valence-electron chi connectivity index (χ4n) is 1.91. The molecule has 0 aliphatic carbocycles. The normalized spacial score (nSPS) is 14.8. The minimum absolute atomic E-state index is 0.00123. The van der Waals surface area contributed by atoms with Gasteiger partial charge < -0.3 is 15.2 Å². The Morgan fingerprint density at radius 2 is 1.89 bits per heavy atom. The Hall–Kier alpha value is -0.610. The minimum Gasteiger partial charge on any atom is -0.387 e. The summed E-state index contributed by atoms with van der Waals surface area (Å²) < 4.78 is 5.01. The summed E-state index contributed by atoms with van der Waals surface area (Å²) in [5.41, 5.74) is 0.878. The van der Waals surface area contributed by atoms with Gasteiger partial charge in [-0.3, -0.25) is 0 Å². The largest absolute Gasteiger partial charge is 0.387 e. The van der Waals surface area contributed by atoms with Gasteiger partial charge in [0.15, 0.2) is 0 Å². The highest BCUT2D eigenvalue weighted by molar-refractivity contribution is 6.30. The number of methoxy groups -OCH3 is 1. The number of hydrogen-bond donors (Lipinski definition) is 2. The van der Waals surface area contributed by atoms with Gasteiger partial charge in [0.05, 0.1) is 12.7 Å². The van der Waals surface area contributed by atoms with Crippen LogP contribution < -0.4 is 5.32 Å². The topological polar surface area (TPSA) is 41.5 Å². The molecule has 0 aromatic heterocycles. The van der Waals surface area contributed by atoms with Gasteiger partial charge >= 0.3 is 0 Å². The van der Waals surface area contributed by atoms with Crippen molar-refractivity contribution in [3.05, 3.63) is 34.9 Å². The average molecular weight is 272 g/mol. The van der Waals surface area contributed by atoms with Crippen LogP contribution in [-0.2, 0) is 4.74 Å². The highest BCUT2D eigenvalue weighted by Crippen LogP contribution is 2.23. The van der Waals surface area contributed by atoms with E-state index in [1.807, 2.05) is 12.1 Å². The minimum atomic E-state index is -0.542. The van der Waals surface area contributed by atoms with Crippen molar-refractivity contribution in [2.24, 2.45) is 5.92 Å². The molecule has 1 aromatic rings. The van der Waals surface area contributed by atoms with Gasteiger partial charge in [-0.05, 0) is 23.6 Å². The summed E-state index contributed by atoms with van der Waals surface area (Å²) in [6, 6.07) is 7.32. The van der Waals surface area contributed by atoms with E-state index in [2.05, 4.69) is 19.2 Å². The molecule has 2 unspecified atom stereocenters. The van der Waals surface area contributed by atoms with Crippen LogP contribution in [0.1, 0.15) is 25.5 Å². The van der Waals surface area contributed by atoms with E-state index in [9.17, 15) is 5.11 Å². The second-order valence-electron chi connectivity index (χ2n) is 4.71. The standard InChI is InChI=1S/C14H22ClNO2/c1-10(2)13(16-8-9-18-3)14(17)11-4-6-12(15)7-5-11/h4-7,10,13-14,16-17H,8-9H2,1-3H3. The van der Waals surface area contributed by atoms with Crippen molar-refractivity contribution in [1.82, 2.24) is 5.32 Å². The van der Waals surface area contributed by atoms with Gasteiger partial charge in [-0.15, -0.1) is 0 Å². The van der Waals surface area contributed by atoms with Crippen molar-refractivity contribution < 1.29 is 9.84 Å². The maximum Gasteiger partial charge on any atom is 0.0945 e. The van der Waals surface area contributed by atoms with E-state index in [1.165, 1.54) is 0 Å². The van der Waals surface area contributed by atoms with Crippen LogP contribution in [0.5, 0.6) is 0 Å². The van der Waals surface area contributed by atoms with E-state index in [0.717, 1.165) is 12.1 Å². The maximum atomic E-state index is 10.4. The van der Waals surface area contributed by atoms with E-state index < -0.39 is 6.10 Å². The molecule has 0 spiro atoms. The highest BCUT2D eigenvalue weighted by atomic mass is 35.5. The summed E-state index contributed by atoms with van der Waals surface area (Å²) in [6.45, 7) is 5.54. The van der Waals surface area contributed by atoms with Gasteiger partial charge in [0.25, 0.3) is 0 Å². The van der Waals surface area contributed by atoms with E-state index in [0.29, 0.717) is 17.5 Å². The summed E-state index contributed by atoms with van der Waals surface area (Å²) in [5.74, 6) is 0.326. The Bertz CT molecular complexity index is 340. The first kappa shape index (κ1) is 15.4. The number of benzene rings is 1. The third-order valence-electron chi connectivity index (χ3n) is 2.96. The van der Waals surface area contributed by atoms with Gasteiger partial charge in [0.1, 0.15) is 0 Å². The molecule has 1 rings (SSSR count). The summed E-state index contributed by atoms with van der Waals surface area (Å²) in [5, 5.41) is 14.4. The number of halogens is 1. The van der Waals surface area contributed by atoms with Gasteiger partial charge in [0.2, 0.25) is 0 Å². The first-order valence-electron chi connectivity index (χ1n) is 6.22. The molecule has 0 radical (unpaired) electrons. The van der Waals surface area contributed by atoms with Gasteiger partial charge in [-0.2, -0.15) is 0 Å². The van der Waals surface area contributed by atoms with Crippen LogP contribution in [0.4, 0.5) is 0 Å². The number of aliphatic hydroxyl groups excluding tert-OH is 1. The van der Waals surface area contributed by atoms with Crippen LogP contribution in [0.3, 0.4) is 0 Å². The molecule has 0 bridgehead atoms. The zero-order chi connectivity index (χ0) is 13.5. The molecule has 0 saturated heterocycles. The van der Waals surface area contributed by atoms with Crippen molar-refractivity contribution in [3.63, 3.8) is 0 Å². The van der Waals surface area contributed by atoms with Gasteiger partial charge in [0, 0.05) is 24.7 Å². The Kier molecular flexibility index (Phi) is 6.65. The second kappa shape index (κ2) is 7.74. The molecule has 2 atom stereocenters. The summed E-state index contributed by atoms with van der Waals surface area (Å²) in [6.07, 6.45) is -0.542. The number of hydrogen-bond acceptors (Lipinski definition) is 3. The molecule has 4 heteroatoms. The fraction of sp³-hybridized carbons (Fsp3) is 0.571. The lowest BCUT2D eigenvalue weighted by atomic mass is 9.93. The van der Waals surface area contributed by atoms with E-state index in [-0.39, 0.29) is 6.04 Å². The van der Waals surface area contributed by atoms with Crippen LogP contribution in [0.25, 0.3) is 0 Å².